The van der Waals surface area contributed by atoms with E-state index >= 15 is 0 Å². The molecule has 0 spiro atoms. The van der Waals surface area contributed by atoms with E-state index < -0.39 is 67.0 Å². The summed E-state index contributed by atoms with van der Waals surface area (Å²) in [5.41, 5.74) is 1.97. The molecule has 0 aromatic heterocycles. The molecule has 0 amide bonds. The summed E-state index contributed by atoms with van der Waals surface area (Å²) in [4.78, 5) is 13.4. The highest BCUT2D eigenvalue weighted by Crippen LogP contribution is 2.57. The summed E-state index contributed by atoms with van der Waals surface area (Å²) in [6.07, 6.45) is -6.64. The lowest BCUT2D eigenvalue weighted by Crippen LogP contribution is -2.63. The highest BCUT2D eigenvalue weighted by molar-refractivity contribution is 5.79. The van der Waals surface area contributed by atoms with Crippen LogP contribution in [0, 0.1) is 11.8 Å². The molecular weight excluding hydrogens is 572 g/mol. The van der Waals surface area contributed by atoms with Crippen LogP contribution in [-0.2, 0) is 33.2 Å². The second-order valence-corrected chi connectivity index (χ2v) is 10.9. The van der Waals surface area contributed by atoms with Crippen LogP contribution in [0.4, 0.5) is 0 Å². The molecule has 10 atom stereocenters. The van der Waals surface area contributed by atoms with E-state index in [0.29, 0.717) is 28.2 Å². The number of hydrogen-bond donors (Lipinski definition) is 3. The average Bonchev–Trinajstić information content (AvgIpc) is 3.65. The highest BCUT2D eigenvalue weighted by atomic mass is 16.9. The molecule has 0 saturated carbocycles. The van der Waals surface area contributed by atoms with Crippen LogP contribution >= 0.6 is 0 Å². The number of benzene rings is 2. The second-order valence-electron chi connectivity index (χ2n) is 10.9. The maximum Gasteiger partial charge on any atom is 0.310 e. The van der Waals surface area contributed by atoms with Gasteiger partial charge in [-0.3, -0.25) is 4.79 Å². The molecule has 7 rings (SSSR count). The molecule has 1 aliphatic carbocycles. The minimum absolute atomic E-state index is 0.0202. The number of cyclic esters (lactones) is 1. The third-order valence-corrected chi connectivity index (χ3v) is 8.76. The molecule has 3 saturated heterocycles. The van der Waals surface area contributed by atoms with Crippen LogP contribution in [0.3, 0.4) is 0 Å². The van der Waals surface area contributed by atoms with Gasteiger partial charge in [0.2, 0.25) is 12.5 Å². The first-order valence-electron chi connectivity index (χ1n) is 13.8. The average molecular weight is 605 g/mol. The number of aliphatic hydroxyl groups is 2. The number of ether oxygens (including phenoxy) is 10. The molecule has 4 heterocycles. The van der Waals surface area contributed by atoms with E-state index in [2.05, 4.69) is 0 Å². The van der Waals surface area contributed by atoms with Gasteiger partial charge in [0.25, 0.3) is 6.48 Å². The van der Waals surface area contributed by atoms with Crippen molar-refractivity contribution in [2.75, 3.05) is 41.3 Å². The van der Waals surface area contributed by atoms with Crippen molar-refractivity contribution in [2.45, 2.75) is 49.2 Å². The number of hydrogen-bond acceptors (Lipinski definition) is 14. The Labute approximate surface area is 245 Å². The zero-order valence-electron chi connectivity index (χ0n) is 23.5. The molecule has 43 heavy (non-hydrogen) atoms. The number of phenolic OH excluding ortho intramolecular Hbond substituents is 1. The first-order valence-corrected chi connectivity index (χ1v) is 13.8. The third kappa shape index (κ3) is 4.56. The zero-order valence-corrected chi connectivity index (χ0v) is 23.5. The molecule has 0 radical (unpaired) electrons. The van der Waals surface area contributed by atoms with Gasteiger partial charge in [-0.25, -0.2) is 0 Å². The predicted molar refractivity (Wildman–Crippen MR) is 140 cm³/mol. The Balaban J connectivity index is 1.30. The van der Waals surface area contributed by atoms with Crippen molar-refractivity contribution in [3.8, 4) is 28.7 Å². The minimum atomic E-state index is -1.49. The molecule has 14 heteroatoms. The van der Waals surface area contributed by atoms with Crippen molar-refractivity contribution in [3.63, 3.8) is 0 Å². The van der Waals surface area contributed by atoms with Crippen molar-refractivity contribution < 1.29 is 67.5 Å². The summed E-state index contributed by atoms with van der Waals surface area (Å²) in [7, 11) is 4.25. The van der Waals surface area contributed by atoms with Gasteiger partial charge in [0.1, 0.15) is 24.4 Å². The quantitative estimate of drug-likeness (QED) is 0.398. The molecule has 4 aliphatic heterocycles. The Bertz CT molecular complexity index is 1370. The van der Waals surface area contributed by atoms with Gasteiger partial charge in [-0.05, 0) is 41.0 Å². The highest BCUT2D eigenvalue weighted by Gasteiger charge is 2.56. The Kier molecular flexibility index (Phi) is 7.24. The molecular formula is C29H32O14. The van der Waals surface area contributed by atoms with Crippen molar-refractivity contribution >= 4 is 5.97 Å². The topological polar surface area (TPSA) is 170 Å². The number of rotatable bonds is 6. The van der Waals surface area contributed by atoms with Crippen LogP contribution in [0.1, 0.15) is 28.7 Å². The van der Waals surface area contributed by atoms with Gasteiger partial charge in [-0.1, -0.05) is 0 Å². The van der Waals surface area contributed by atoms with Gasteiger partial charge in [-0.2, -0.15) is 0 Å². The van der Waals surface area contributed by atoms with Gasteiger partial charge in [0.15, 0.2) is 29.3 Å². The van der Waals surface area contributed by atoms with Crippen molar-refractivity contribution in [1.29, 1.82) is 0 Å². The molecule has 0 bridgehead atoms. The van der Waals surface area contributed by atoms with E-state index in [1.54, 1.807) is 24.3 Å². The number of methoxy groups -OCH3 is 3. The van der Waals surface area contributed by atoms with Crippen molar-refractivity contribution in [1.82, 2.24) is 0 Å². The lowest BCUT2D eigenvalue weighted by molar-refractivity contribution is -0.404. The monoisotopic (exact) mass is 604 g/mol. The lowest BCUT2D eigenvalue weighted by Gasteiger charge is -2.47. The molecule has 2 aromatic rings. The fourth-order valence-electron chi connectivity index (χ4n) is 6.71. The molecule has 14 nitrogen and oxygen atoms in total. The predicted octanol–water partition coefficient (Wildman–Crippen LogP) is 0.923. The standard InChI is InChI=1S/C29H32O14/c1-34-17-4-11(5-18(35-2)22(17)30)20-12-6-15-16(40-10-39-15)7-13(12)25(14-8-37-27(33)21(14)20)42-28-24(32)23(31)26-19(41-28)9-38-29(36-3)43-26/h4-7,14,19-21,23-26,28-32H,8-10H2,1-3H3. The van der Waals surface area contributed by atoms with Crippen LogP contribution in [0.5, 0.6) is 28.7 Å². The summed E-state index contributed by atoms with van der Waals surface area (Å²) in [5, 5.41) is 32.6. The van der Waals surface area contributed by atoms with E-state index in [1.807, 2.05) is 0 Å². The minimum Gasteiger partial charge on any atom is -0.502 e. The number of phenols is 1. The summed E-state index contributed by atoms with van der Waals surface area (Å²) < 4.78 is 56.4. The van der Waals surface area contributed by atoms with Gasteiger partial charge < -0.3 is 62.7 Å². The Morgan fingerprint density at radius 1 is 0.860 bits per heavy atom. The Morgan fingerprint density at radius 3 is 2.23 bits per heavy atom. The smallest absolute Gasteiger partial charge is 0.310 e. The van der Waals surface area contributed by atoms with Crippen LogP contribution in [0.25, 0.3) is 0 Å². The number of aromatic hydroxyl groups is 1. The second kappa shape index (κ2) is 11.0. The largest absolute Gasteiger partial charge is 0.502 e. The summed E-state index contributed by atoms with van der Waals surface area (Å²) in [6, 6.07) is 6.89. The maximum absolute atomic E-state index is 13.4. The molecule has 3 fully saturated rings. The molecule has 5 aliphatic rings. The summed E-state index contributed by atoms with van der Waals surface area (Å²) in [6.45, 7) is -0.918. The fourth-order valence-corrected chi connectivity index (χ4v) is 6.71. The van der Waals surface area contributed by atoms with Crippen LogP contribution in [0.2, 0.25) is 0 Å². The summed E-state index contributed by atoms with van der Waals surface area (Å²) in [5.74, 6) is -1.14. The number of carbonyl (C=O) groups excluding carboxylic acids is 1. The zero-order chi connectivity index (χ0) is 30.0. The maximum atomic E-state index is 13.4. The van der Waals surface area contributed by atoms with Gasteiger partial charge >= 0.3 is 5.97 Å². The van der Waals surface area contributed by atoms with E-state index in [9.17, 15) is 20.1 Å². The number of aliphatic hydroxyl groups excluding tert-OH is 2. The first-order chi connectivity index (χ1) is 20.8. The van der Waals surface area contributed by atoms with E-state index in [4.69, 9.17) is 47.4 Å². The number of fused-ring (bicyclic) bond motifs is 4. The molecule has 2 aromatic carbocycles. The van der Waals surface area contributed by atoms with Crippen LogP contribution in [-0.4, -0.2) is 99.8 Å². The van der Waals surface area contributed by atoms with E-state index in [-0.39, 0.29) is 37.3 Å². The molecule has 232 valence electrons. The third-order valence-electron chi connectivity index (χ3n) is 8.76. The van der Waals surface area contributed by atoms with Gasteiger partial charge in [-0.15, -0.1) is 0 Å². The Morgan fingerprint density at radius 2 is 1.56 bits per heavy atom. The van der Waals surface area contributed by atoms with Crippen LogP contribution in [0.15, 0.2) is 24.3 Å². The lowest BCUT2D eigenvalue weighted by atomic mass is 9.66. The van der Waals surface area contributed by atoms with E-state index in [1.165, 1.54) is 21.3 Å². The Hall–Kier alpha value is -3.37. The van der Waals surface area contributed by atoms with Gasteiger partial charge in [0, 0.05) is 18.9 Å². The fraction of sp³-hybridized carbons (Fsp3) is 0.552. The van der Waals surface area contributed by atoms with Crippen LogP contribution < -0.4 is 18.9 Å². The molecule has 3 N–H and O–H groups in total. The van der Waals surface area contributed by atoms with Crippen molar-refractivity contribution in [2.24, 2.45) is 11.8 Å². The number of esters is 1. The molecule has 10 unspecified atom stereocenters. The van der Waals surface area contributed by atoms with Crippen molar-refractivity contribution in [3.05, 3.63) is 41.0 Å². The van der Waals surface area contributed by atoms with E-state index in [0.717, 1.165) is 0 Å². The SMILES string of the molecule is COc1cc(C2c3cc4c(cc3C(OC3OC5COC(OC)OC5C(O)C3O)C3COC(=O)C23)OCO4)cc(OC)c1O. The first kappa shape index (κ1) is 28.4. The number of carbonyl (C=O) groups is 1. The normalized spacial score (nSPS) is 35.9. The van der Waals surface area contributed by atoms with Gasteiger partial charge in [0.05, 0.1) is 39.5 Å². The summed E-state index contributed by atoms with van der Waals surface area (Å²) >= 11 is 0.